The lowest BCUT2D eigenvalue weighted by Crippen LogP contribution is -2.26. The molecule has 3 aromatic rings. The minimum absolute atomic E-state index is 0.0768. The Kier molecular flexibility index (Phi) is 5.02. The van der Waals surface area contributed by atoms with Gasteiger partial charge in [-0.3, -0.25) is 5.41 Å². The molecule has 0 saturated carbocycles. The average molecular weight is 418 g/mol. The zero-order valence-electron chi connectivity index (χ0n) is 18.1. The predicted octanol–water partition coefficient (Wildman–Crippen LogP) is 6.49. The highest BCUT2D eigenvalue weighted by Gasteiger charge is 2.32. The normalized spacial score (nSPS) is 14.7. The van der Waals surface area contributed by atoms with Crippen molar-refractivity contribution in [1.82, 2.24) is 4.98 Å². The van der Waals surface area contributed by atoms with Crippen LogP contribution in [0.5, 0.6) is 0 Å². The van der Waals surface area contributed by atoms with Crippen LogP contribution in [-0.4, -0.2) is 22.5 Å². The van der Waals surface area contributed by atoms with Crippen LogP contribution in [0.2, 0.25) is 0 Å². The van der Waals surface area contributed by atoms with Crippen LogP contribution < -0.4 is 4.90 Å². The summed E-state index contributed by atoms with van der Waals surface area (Å²) in [7, 11) is 0. The first kappa shape index (κ1) is 20.4. The van der Waals surface area contributed by atoms with Crippen molar-refractivity contribution in [3.63, 3.8) is 0 Å². The van der Waals surface area contributed by atoms with Crippen molar-refractivity contribution in [2.24, 2.45) is 0 Å². The number of anilines is 1. The SMILES string of the molecule is Cc1ccc(-c2nc(C3=C(O)CN(c4ccc(C(C)(C)C)cc4)C3=N)sc2C)cc1. The molecule has 2 N–H and O–H groups in total. The monoisotopic (exact) mass is 417 g/mol. The summed E-state index contributed by atoms with van der Waals surface area (Å²) in [5.41, 5.74) is 5.93. The first-order valence-corrected chi connectivity index (χ1v) is 10.9. The Bertz CT molecular complexity index is 1130. The van der Waals surface area contributed by atoms with E-state index < -0.39 is 0 Å². The summed E-state index contributed by atoms with van der Waals surface area (Å²) in [5.74, 6) is 0.490. The van der Waals surface area contributed by atoms with Gasteiger partial charge >= 0.3 is 0 Å². The number of aliphatic hydroxyl groups excluding tert-OH is 1. The van der Waals surface area contributed by atoms with Gasteiger partial charge in [0.25, 0.3) is 0 Å². The lowest BCUT2D eigenvalue weighted by Gasteiger charge is -2.22. The molecule has 30 heavy (non-hydrogen) atoms. The number of aryl methyl sites for hydroxylation is 2. The summed E-state index contributed by atoms with van der Waals surface area (Å²) < 4.78 is 0. The molecule has 2 aromatic carbocycles. The van der Waals surface area contributed by atoms with Crippen molar-refractivity contribution in [1.29, 1.82) is 5.41 Å². The van der Waals surface area contributed by atoms with Gasteiger partial charge in [0.2, 0.25) is 0 Å². The zero-order chi connectivity index (χ0) is 21.6. The van der Waals surface area contributed by atoms with E-state index in [9.17, 15) is 5.11 Å². The van der Waals surface area contributed by atoms with Crippen LogP contribution in [0.3, 0.4) is 0 Å². The molecule has 0 atom stereocenters. The largest absolute Gasteiger partial charge is 0.510 e. The highest BCUT2D eigenvalue weighted by atomic mass is 32.1. The number of hydrogen-bond donors (Lipinski definition) is 2. The molecule has 4 rings (SSSR count). The van der Waals surface area contributed by atoms with Crippen LogP contribution in [0.4, 0.5) is 5.69 Å². The van der Waals surface area contributed by atoms with Crippen LogP contribution in [0.1, 0.15) is 41.8 Å². The summed E-state index contributed by atoms with van der Waals surface area (Å²) in [6, 6.07) is 16.5. The predicted molar refractivity (Wildman–Crippen MR) is 127 cm³/mol. The fourth-order valence-corrected chi connectivity index (χ4v) is 4.65. The maximum absolute atomic E-state index is 10.7. The van der Waals surface area contributed by atoms with Gasteiger partial charge in [0, 0.05) is 16.1 Å². The van der Waals surface area contributed by atoms with E-state index in [1.54, 1.807) is 0 Å². The summed E-state index contributed by atoms with van der Waals surface area (Å²) in [4.78, 5) is 7.71. The number of aliphatic hydroxyl groups is 1. The van der Waals surface area contributed by atoms with Crippen molar-refractivity contribution in [2.45, 2.75) is 40.0 Å². The minimum Gasteiger partial charge on any atom is -0.510 e. The molecule has 0 aliphatic carbocycles. The molecule has 1 aliphatic rings. The summed E-state index contributed by atoms with van der Waals surface area (Å²) in [6.07, 6.45) is 0. The van der Waals surface area contributed by atoms with E-state index in [2.05, 4.69) is 64.1 Å². The first-order valence-electron chi connectivity index (χ1n) is 10.1. The molecule has 1 aromatic heterocycles. The molecule has 154 valence electrons. The number of rotatable bonds is 3. The Morgan fingerprint density at radius 2 is 1.63 bits per heavy atom. The second-order valence-electron chi connectivity index (χ2n) is 8.84. The van der Waals surface area contributed by atoms with Gasteiger partial charge in [-0.25, -0.2) is 4.98 Å². The third kappa shape index (κ3) is 3.65. The fourth-order valence-electron chi connectivity index (χ4n) is 3.65. The number of aromatic nitrogens is 1. The number of hydrogen-bond acceptors (Lipinski definition) is 4. The number of thiazole rings is 1. The van der Waals surface area contributed by atoms with Gasteiger partial charge in [-0.1, -0.05) is 62.7 Å². The summed E-state index contributed by atoms with van der Waals surface area (Å²) >= 11 is 1.52. The number of amidine groups is 1. The third-order valence-corrected chi connectivity index (χ3v) is 6.47. The second kappa shape index (κ2) is 7.40. The topological polar surface area (TPSA) is 60.2 Å². The Labute approximate surface area is 182 Å². The summed E-state index contributed by atoms with van der Waals surface area (Å²) in [6.45, 7) is 10.9. The highest BCUT2D eigenvalue weighted by Crippen LogP contribution is 2.37. The van der Waals surface area contributed by atoms with Crippen molar-refractivity contribution in [3.05, 3.63) is 75.3 Å². The Morgan fingerprint density at radius 3 is 2.23 bits per heavy atom. The van der Waals surface area contributed by atoms with Crippen molar-refractivity contribution < 1.29 is 5.11 Å². The van der Waals surface area contributed by atoms with Gasteiger partial charge in [0.1, 0.15) is 16.6 Å². The standard InChI is InChI=1S/C25H27N3OS/c1-15-6-8-17(9-7-15)22-16(2)30-24(27-22)21-20(29)14-28(23(21)26)19-12-10-18(11-13-19)25(3,4)5/h6-13,26,29H,14H2,1-5H3. The fraction of sp³-hybridized carbons (Fsp3) is 0.280. The molecule has 0 unspecified atom stereocenters. The van der Waals surface area contributed by atoms with E-state index in [1.807, 2.05) is 24.0 Å². The van der Waals surface area contributed by atoms with E-state index in [4.69, 9.17) is 10.4 Å². The van der Waals surface area contributed by atoms with Crippen molar-refractivity contribution in [2.75, 3.05) is 11.4 Å². The average Bonchev–Trinajstić information content (AvgIpc) is 3.21. The molecular formula is C25H27N3OS. The van der Waals surface area contributed by atoms with E-state index in [1.165, 1.54) is 22.5 Å². The number of benzene rings is 2. The molecule has 0 saturated heterocycles. The van der Waals surface area contributed by atoms with Crippen molar-refractivity contribution in [3.8, 4) is 11.3 Å². The lowest BCUT2D eigenvalue weighted by molar-refractivity contribution is 0.411. The number of nitrogens with zero attached hydrogens (tertiary/aromatic N) is 2. The molecule has 0 amide bonds. The molecule has 0 bridgehead atoms. The molecule has 1 aliphatic heterocycles. The van der Waals surface area contributed by atoms with E-state index in [0.717, 1.165) is 21.8 Å². The molecular weight excluding hydrogens is 390 g/mol. The minimum atomic E-state index is 0.0768. The molecule has 2 heterocycles. The maximum atomic E-state index is 10.7. The van der Waals surface area contributed by atoms with Gasteiger partial charge < -0.3 is 10.0 Å². The molecule has 0 fully saturated rings. The first-order chi connectivity index (χ1) is 14.1. The van der Waals surface area contributed by atoms with Crippen LogP contribution in [0.15, 0.2) is 54.3 Å². The smallest absolute Gasteiger partial charge is 0.139 e. The van der Waals surface area contributed by atoms with Gasteiger partial charge in [-0.2, -0.15) is 0 Å². The molecule has 0 spiro atoms. The van der Waals surface area contributed by atoms with E-state index in [-0.39, 0.29) is 11.2 Å². The van der Waals surface area contributed by atoms with E-state index in [0.29, 0.717) is 23.0 Å². The lowest BCUT2D eigenvalue weighted by atomic mass is 9.87. The number of nitrogens with one attached hydrogen (secondary N) is 1. The van der Waals surface area contributed by atoms with E-state index >= 15 is 0 Å². The van der Waals surface area contributed by atoms with Crippen LogP contribution in [-0.2, 0) is 5.41 Å². The highest BCUT2D eigenvalue weighted by molar-refractivity contribution is 7.13. The molecule has 5 heteroatoms. The maximum Gasteiger partial charge on any atom is 0.139 e. The second-order valence-corrected chi connectivity index (χ2v) is 10.0. The zero-order valence-corrected chi connectivity index (χ0v) is 18.9. The van der Waals surface area contributed by atoms with Gasteiger partial charge in [0.05, 0.1) is 17.8 Å². The third-order valence-electron chi connectivity index (χ3n) is 5.48. The van der Waals surface area contributed by atoms with Gasteiger partial charge in [0.15, 0.2) is 0 Å². The van der Waals surface area contributed by atoms with Crippen molar-refractivity contribution >= 4 is 28.4 Å². The van der Waals surface area contributed by atoms with Crippen LogP contribution in [0.25, 0.3) is 16.8 Å². The quantitative estimate of drug-likeness (QED) is 0.512. The summed E-state index contributed by atoms with van der Waals surface area (Å²) in [5, 5.41) is 20.1. The van der Waals surface area contributed by atoms with Crippen LogP contribution >= 0.6 is 11.3 Å². The Morgan fingerprint density at radius 1 is 1.00 bits per heavy atom. The Balaban J connectivity index is 1.63. The van der Waals surface area contributed by atoms with Gasteiger partial charge in [-0.05, 0) is 37.0 Å². The Hall–Kier alpha value is -2.92. The molecule has 4 nitrogen and oxygen atoms in total. The van der Waals surface area contributed by atoms with Crippen LogP contribution in [0, 0.1) is 19.3 Å². The van der Waals surface area contributed by atoms with Gasteiger partial charge in [-0.15, -0.1) is 11.3 Å². The molecule has 0 radical (unpaired) electrons.